The molecule has 0 amide bonds. The maximum Gasteiger partial charge on any atom is 0.312 e. The topological polar surface area (TPSA) is 38.3 Å². The van der Waals surface area contributed by atoms with Gasteiger partial charge in [0.25, 0.3) is 0 Å². The Hall–Kier alpha value is -0.570. The van der Waals surface area contributed by atoms with Gasteiger partial charge in [-0.05, 0) is 39.7 Å². The number of ether oxygens (including phenoxy) is 1. The van der Waals surface area contributed by atoms with Crippen LogP contribution in [-0.4, -0.2) is 26.2 Å². The van der Waals surface area contributed by atoms with Crippen molar-refractivity contribution in [2.24, 2.45) is 11.3 Å². The molecule has 0 saturated heterocycles. The molecular formula is C21H43NO2. The van der Waals surface area contributed by atoms with Crippen LogP contribution < -0.4 is 5.32 Å². The summed E-state index contributed by atoms with van der Waals surface area (Å²) >= 11 is 0. The minimum absolute atomic E-state index is 0.0682. The zero-order valence-electron chi connectivity index (χ0n) is 17.1. The molecule has 1 unspecified atom stereocenters. The Morgan fingerprint density at radius 1 is 0.917 bits per heavy atom. The molecule has 1 N–H and O–H groups in total. The van der Waals surface area contributed by atoms with Crippen LogP contribution in [0.3, 0.4) is 0 Å². The molecule has 0 fully saturated rings. The highest BCUT2D eigenvalue weighted by Crippen LogP contribution is 2.22. The minimum Gasteiger partial charge on any atom is -0.465 e. The zero-order valence-corrected chi connectivity index (χ0v) is 17.1. The number of hydrogen-bond donors (Lipinski definition) is 1. The van der Waals surface area contributed by atoms with Crippen LogP contribution in [0, 0.1) is 11.3 Å². The lowest BCUT2D eigenvalue weighted by Crippen LogP contribution is -2.36. The maximum atomic E-state index is 12.3. The molecule has 0 aliphatic rings. The summed E-state index contributed by atoms with van der Waals surface area (Å²) in [6, 6.07) is 0. The molecule has 0 aromatic heterocycles. The fourth-order valence-electron chi connectivity index (χ4n) is 3.11. The molecule has 3 heteroatoms. The molecule has 0 saturated carbocycles. The SMILES string of the molecule is CCCCCCCC(CCCCCC)COC(=O)C(C)(C)CNC. The number of carbonyl (C=O) groups excluding carboxylic acids is 1. The van der Waals surface area contributed by atoms with Crippen molar-refractivity contribution in [2.75, 3.05) is 20.2 Å². The van der Waals surface area contributed by atoms with Crippen LogP contribution in [-0.2, 0) is 9.53 Å². The van der Waals surface area contributed by atoms with Gasteiger partial charge < -0.3 is 10.1 Å². The molecule has 0 bridgehead atoms. The van der Waals surface area contributed by atoms with E-state index in [0.717, 1.165) is 0 Å². The van der Waals surface area contributed by atoms with E-state index in [1.807, 2.05) is 20.9 Å². The highest BCUT2D eigenvalue weighted by Gasteiger charge is 2.29. The van der Waals surface area contributed by atoms with Gasteiger partial charge in [-0.3, -0.25) is 4.79 Å². The molecule has 0 heterocycles. The molecule has 0 aliphatic carbocycles. The zero-order chi connectivity index (χ0) is 18.3. The van der Waals surface area contributed by atoms with Gasteiger partial charge in [-0.25, -0.2) is 0 Å². The van der Waals surface area contributed by atoms with E-state index in [-0.39, 0.29) is 5.97 Å². The first-order valence-electron chi connectivity index (χ1n) is 10.3. The van der Waals surface area contributed by atoms with E-state index < -0.39 is 5.41 Å². The van der Waals surface area contributed by atoms with Crippen molar-refractivity contribution < 1.29 is 9.53 Å². The van der Waals surface area contributed by atoms with Crippen molar-refractivity contribution in [1.82, 2.24) is 5.32 Å². The van der Waals surface area contributed by atoms with Gasteiger partial charge in [0.05, 0.1) is 12.0 Å². The molecule has 144 valence electrons. The van der Waals surface area contributed by atoms with Gasteiger partial charge in [-0.15, -0.1) is 0 Å². The highest BCUT2D eigenvalue weighted by molar-refractivity contribution is 5.76. The van der Waals surface area contributed by atoms with Crippen LogP contribution in [0.15, 0.2) is 0 Å². The molecule has 0 aromatic carbocycles. The third kappa shape index (κ3) is 11.9. The van der Waals surface area contributed by atoms with Crippen molar-refractivity contribution >= 4 is 5.97 Å². The third-order valence-corrected chi connectivity index (χ3v) is 4.80. The molecule has 3 nitrogen and oxygen atoms in total. The summed E-state index contributed by atoms with van der Waals surface area (Å²) in [7, 11) is 1.88. The minimum atomic E-state index is -0.442. The van der Waals surface area contributed by atoms with Crippen LogP contribution in [0.25, 0.3) is 0 Å². The van der Waals surface area contributed by atoms with Gasteiger partial charge in [0.15, 0.2) is 0 Å². The number of rotatable bonds is 16. The molecule has 1 atom stereocenters. The second-order valence-electron chi connectivity index (χ2n) is 7.93. The van der Waals surface area contributed by atoms with Gasteiger partial charge in [-0.2, -0.15) is 0 Å². The van der Waals surface area contributed by atoms with Gasteiger partial charge in [0, 0.05) is 6.54 Å². The Morgan fingerprint density at radius 2 is 1.42 bits per heavy atom. The molecule has 24 heavy (non-hydrogen) atoms. The van der Waals surface area contributed by atoms with E-state index in [9.17, 15) is 4.79 Å². The van der Waals surface area contributed by atoms with Crippen molar-refractivity contribution in [3.63, 3.8) is 0 Å². The van der Waals surface area contributed by atoms with Gasteiger partial charge in [0.2, 0.25) is 0 Å². The van der Waals surface area contributed by atoms with E-state index >= 15 is 0 Å². The lowest BCUT2D eigenvalue weighted by molar-refractivity contribution is -0.155. The number of esters is 1. The molecule has 0 radical (unpaired) electrons. The van der Waals surface area contributed by atoms with E-state index in [2.05, 4.69) is 19.2 Å². The van der Waals surface area contributed by atoms with E-state index in [0.29, 0.717) is 19.1 Å². The summed E-state index contributed by atoms with van der Waals surface area (Å²) in [5.41, 5.74) is -0.442. The lowest BCUT2D eigenvalue weighted by atomic mass is 9.93. The van der Waals surface area contributed by atoms with Gasteiger partial charge in [0.1, 0.15) is 0 Å². The third-order valence-electron chi connectivity index (χ3n) is 4.80. The first-order chi connectivity index (χ1) is 11.5. The number of nitrogens with one attached hydrogen (secondary N) is 1. The van der Waals surface area contributed by atoms with Crippen LogP contribution in [0.4, 0.5) is 0 Å². The Morgan fingerprint density at radius 3 is 1.92 bits per heavy atom. The summed E-state index contributed by atoms with van der Waals surface area (Å²) in [6.45, 7) is 9.66. The van der Waals surface area contributed by atoms with Crippen LogP contribution >= 0.6 is 0 Å². The molecule has 0 aliphatic heterocycles. The normalized spacial score (nSPS) is 13.0. The fourth-order valence-corrected chi connectivity index (χ4v) is 3.11. The summed E-state index contributed by atoms with van der Waals surface area (Å²) < 4.78 is 5.68. The number of carbonyl (C=O) groups is 1. The standard InChI is InChI=1S/C21H43NO2/c1-6-8-10-12-14-16-19(15-13-11-9-7-2)17-24-20(23)21(3,4)18-22-5/h19,22H,6-18H2,1-5H3. The van der Waals surface area contributed by atoms with Crippen molar-refractivity contribution in [3.05, 3.63) is 0 Å². The molecule has 0 spiro atoms. The number of hydrogen-bond acceptors (Lipinski definition) is 3. The summed E-state index contributed by atoms with van der Waals surface area (Å²) in [5, 5.41) is 3.08. The summed E-state index contributed by atoms with van der Waals surface area (Å²) in [4.78, 5) is 12.3. The largest absolute Gasteiger partial charge is 0.465 e. The van der Waals surface area contributed by atoms with Gasteiger partial charge in [-0.1, -0.05) is 71.6 Å². The molecule has 0 aromatic rings. The highest BCUT2D eigenvalue weighted by atomic mass is 16.5. The van der Waals surface area contributed by atoms with E-state index in [1.165, 1.54) is 70.6 Å². The average Bonchev–Trinajstić information content (AvgIpc) is 2.55. The van der Waals surface area contributed by atoms with Crippen molar-refractivity contribution in [2.45, 2.75) is 98.3 Å². The predicted molar refractivity (Wildman–Crippen MR) is 104 cm³/mol. The second-order valence-corrected chi connectivity index (χ2v) is 7.93. The first-order valence-corrected chi connectivity index (χ1v) is 10.3. The second kappa shape index (κ2) is 14.7. The van der Waals surface area contributed by atoms with E-state index in [1.54, 1.807) is 0 Å². The van der Waals surface area contributed by atoms with Crippen molar-refractivity contribution in [1.29, 1.82) is 0 Å². The average molecular weight is 342 g/mol. The Balaban J connectivity index is 4.23. The fraction of sp³-hybridized carbons (Fsp3) is 0.952. The lowest BCUT2D eigenvalue weighted by Gasteiger charge is -2.24. The van der Waals surface area contributed by atoms with Crippen molar-refractivity contribution in [3.8, 4) is 0 Å². The Bertz CT molecular complexity index is 302. The number of unbranched alkanes of at least 4 members (excludes halogenated alkanes) is 7. The quantitative estimate of drug-likeness (QED) is 0.288. The van der Waals surface area contributed by atoms with Crippen LogP contribution in [0.2, 0.25) is 0 Å². The Labute approximate surface area is 151 Å². The molecular weight excluding hydrogens is 298 g/mol. The monoisotopic (exact) mass is 341 g/mol. The summed E-state index contributed by atoms with van der Waals surface area (Å²) in [5.74, 6) is 0.471. The van der Waals surface area contributed by atoms with Crippen LogP contribution in [0.5, 0.6) is 0 Å². The van der Waals surface area contributed by atoms with Gasteiger partial charge >= 0.3 is 5.97 Å². The predicted octanol–water partition coefficient (Wildman–Crippen LogP) is 5.72. The summed E-state index contributed by atoms with van der Waals surface area (Å²) in [6.07, 6.45) is 14.1. The molecule has 0 rings (SSSR count). The smallest absolute Gasteiger partial charge is 0.312 e. The maximum absolute atomic E-state index is 12.3. The first kappa shape index (κ1) is 23.4. The van der Waals surface area contributed by atoms with Crippen LogP contribution in [0.1, 0.15) is 98.3 Å². The Kier molecular flexibility index (Phi) is 14.4. The van der Waals surface area contributed by atoms with E-state index in [4.69, 9.17) is 4.74 Å².